The molecule has 2 fully saturated rings. The summed E-state index contributed by atoms with van der Waals surface area (Å²) in [7, 11) is 1.98. The number of hydrogen-bond donors (Lipinski definition) is 4. The van der Waals surface area contributed by atoms with Gasteiger partial charge in [0.25, 0.3) is 0 Å². The van der Waals surface area contributed by atoms with Crippen molar-refractivity contribution in [3.05, 3.63) is 41.4 Å². The molecular weight excluding hydrogens is 516 g/mol. The van der Waals surface area contributed by atoms with Crippen LogP contribution in [0.25, 0.3) is 17.0 Å². The number of likely N-dealkylation sites (tertiary alicyclic amines) is 1. The van der Waals surface area contributed by atoms with Crippen molar-refractivity contribution in [3.63, 3.8) is 0 Å². The van der Waals surface area contributed by atoms with Crippen LogP contribution in [0.1, 0.15) is 57.7 Å². The van der Waals surface area contributed by atoms with E-state index in [4.69, 9.17) is 25.3 Å². The molecule has 41 heavy (non-hydrogen) atoms. The molecule has 1 unspecified atom stereocenters. The van der Waals surface area contributed by atoms with Crippen molar-refractivity contribution in [2.45, 2.75) is 65.1 Å². The molecule has 1 aromatic carbocycles. The lowest BCUT2D eigenvalue weighted by Crippen LogP contribution is -2.46. The van der Waals surface area contributed by atoms with Crippen LogP contribution in [-0.4, -0.2) is 84.4 Å². The zero-order chi connectivity index (χ0) is 28.9. The smallest absolute Gasteiger partial charge is 0.155 e. The summed E-state index contributed by atoms with van der Waals surface area (Å²) in [5.74, 6) is 2.75. The van der Waals surface area contributed by atoms with Gasteiger partial charge in [0.05, 0.1) is 12.1 Å². The lowest BCUT2D eigenvalue weighted by Gasteiger charge is -2.40. The Hall–Kier alpha value is -3.50. The first kappa shape index (κ1) is 29.0. The SMILES string of the molecule is CN/C(=C(\C=N)c1ccc2c(c1)OCCn1cc(/C(=N/C(C)=N)NC(C)C)nc1-2)C1CCCN(C2CCOCC2)C1. The van der Waals surface area contributed by atoms with E-state index in [-0.39, 0.29) is 11.9 Å². The van der Waals surface area contributed by atoms with Crippen LogP contribution >= 0.6 is 0 Å². The zero-order valence-electron chi connectivity index (χ0n) is 24.8. The van der Waals surface area contributed by atoms with E-state index in [9.17, 15) is 0 Å². The van der Waals surface area contributed by atoms with Crippen LogP contribution in [0, 0.1) is 16.7 Å². The monoisotopic (exact) mass is 560 g/mol. The van der Waals surface area contributed by atoms with Crippen LogP contribution in [0.5, 0.6) is 5.75 Å². The number of aliphatic imine (C=N–C) groups is 1. The number of rotatable bonds is 7. The predicted molar refractivity (Wildman–Crippen MR) is 164 cm³/mol. The second-order valence-corrected chi connectivity index (χ2v) is 11.4. The fourth-order valence-electron chi connectivity index (χ4n) is 6.27. The molecule has 0 bridgehead atoms. The van der Waals surface area contributed by atoms with Gasteiger partial charge >= 0.3 is 0 Å². The summed E-state index contributed by atoms with van der Waals surface area (Å²) >= 11 is 0. The summed E-state index contributed by atoms with van der Waals surface area (Å²) in [6, 6.07) is 6.94. The molecule has 0 aliphatic carbocycles. The maximum absolute atomic E-state index is 8.41. The third kappa shape index (κ3) is 6.54. The molecule has 3 aliphatic heterocycles. The molecule has 10 heteroatoms. The number of fused-ring (bicyclic) bond motifs is 3. The van der Waals surface area contributed by atoms with E-state index in [1.54, 1.807) is 6.92 Å². The van der Waals surface area contributed by atoms with Crippen molar-refractivity contribution in [2.75, 3.05) is 40.0 Å². The highest BCUT2D eigenvalue weighted by atomic mass is 16.5. The van der Waals surface area contributed by atoms with Gasteiger partial charge in [0, 0.05) is 68.5 Å². The summed E-state index contributed by atoms with van der Waals surface area (Å²) < 4.78 is 13.9. The number of imidazole rings is 1. The quantitative estimate of drug-likeness (QED) is 0.298. The second-order valence-electron chi connectivity index (χ2n) is 11.4. The predicted octanol–water partition coefficient (Wildman–Crippen LogP) is 4.16. The molecular formula is C31H44N8O2. The van der Waals surface area contributed by atoms with Crippen molar-refractivity contribution in [1.29, 1.82) is 10.8 Å². The average molecular weight is 561 g/mol. The van der Waals surface area contributed by atoms with Crippen molar-refractivity contribution in [3.8, 4) is 17.1 Å². The number of benzene rings is 1. The van der Waals surface area contributed by atoms with Gasteiger partial charge in [-0.3, -0.25) is 10.3 Å². The molecule has 3 aliphatic rings. The Morgan fingerprint density at radius 3 is 2.68 bits per heavy atom. The van der Waals surface area contributed by atoms with Gasteiger partial charge in [0.2, 0.25) is 0 Å². The summed E-state index contributed by atoms with van der Waals surface area (Å²) in [6.45, 7) is 10.8. The van der Waals surface area contributed by atoms with Crippen LogP contribution in [0.3, 0.4) is 0 Å². The first-order chi connectivity index (χ1) is 19.9. The van der Waals surface area contributed by atoms with Crippen molar-refractivity contribution in [2.24, 2.45) is 10.9 Å². The minimum atomic E-state index is 0.161. The van der Waals surface area contributed by atoms with Gasteiger partial charge < -0.3 is 30.1 Å². The van der Waals surface area contributed by atoms with Gasteiger partial charge in [0.1, 0.15) is 29.7 Å². The maximum atomic E-state index is 8.41. The number of amidine groups is 2. The third-order valence-electron chi connectivity index (χ3n) is 8.12. The molecule has 0 amide bonds. The Balaban J connectivity index is 1.46. The standard InChI is InChI=1S/C31H44N8O2/c1-20(2)35-30(36-21(3)33)27-19-39-12-15-41-28-16-22(7-8-25(28)31(39)37-27)26(17-32)29(34-4)23-6-5-11-38(18-23)24-9-13-40-14-10-24/h7-8,16-17,19-20,23-24,32,34H,5-6,9-15,18H2,1-4H3,(H2,33,35,36)/b29-26+,32-17?. The van der Waals surface area contributed by atoms with Gasteiger partial charge in [-0.2, -0.15) is 0 Å². The maximum Gasteiger partial charge on any atom is 0.155 e. The largest absolute Gasteiger partial charge is 0.491 e. The molecule has 1 aromatic heterocycles. The van der Waals surface area contributed by atoms with E-state index in [2.05, 4.69) is 43.3 Å². The van der Waals surface area contributed by atoms with E-state index in [1.165, 1.54) is 6.21 Å². The highest BCUT2D eigenvalue weighted by Crippen LogP contribution is 2.36. The van der Waals surface area contributed by atoms with Gasteiger partial charge in [-0.05, 0) is 70.7 Å². The Bertz CT molecular complexity index is 1320. The fourth-order valence-corrected chi connectivity index (χ4v) is 6.27. The molecule has 1 atom stereocenters. The minimum Gasteiger partial charge on any atom is -0.491 e. The number of piperidine rings is 1. The van der Waals surface area contributed by atoms with Crippen molar-refractivity contribution < 1.29 is 9.47 Å². The number of hydrogen-bond acceptors (Lipinski definition) is 7. The average Bonchev–Trinajstić information content (AvgIpc) is 3.32. The van der Waals surface area contributed by atoms with E-state index in [0.29, 0.717) is 36.6 Å². The van der Waals surface area contributed by atoms with E-state index in [0.717, 1.165) is 86.0 Å². The molecule has 0 saturated carbocycles. The Labute approximate surface area is 243 Å². The number of aromatic nitrogens is 2. The molecule has 2 aromatic rings. The minimum absolute atomic E-state index is 0.161. The van der Waals surface area contributed by atoms with Crippen molar-refractivity contribution in [1.82, 2.24) is 25.1 Å². The number of allylic oxidation sites excluding steroid dienone is 1. The van der Waals surface area contributed by atoms with Crippen LogP contribution in [0.2, 0.25) is 0 Å². The molecule has 220 valence electrons. The van der Waals surface area contributed by atoms with Crippen molar-refractivity contribution >= 4 is 23.5 Å². The third-order valence-corrected chi connectivity index (χ3v) is 8.12. The van der Waals surface area contributed by atoms with Crippen LogP contribution in [-0.2, 0) is 11.3 Å². The molecule has 4 heterocycles. The second kappa shape index (κ2) is 13.0. The molecule has 4 N–H and O–H groups in total. The molecule has 10 nitrogen and oxygen atoms in total. The van der Waals surface area contributed by atoms with Crippen LogP contribution < -0.4 is 15.4 Å². The first-order valence-electron chi connectivity index (χ1n) is 14.9. The molecule has 0 radical (unpaired) electrons. The van der Waals surface area contributed by atoms with Gasteiger partial charge in [-0.15, -0.1) is 0 Å². The highest BCUT2D eigenvalue weighted by Gasteiger charge is 2.30. The van der Waals surface area contributed by atoms with Gasteiger partial charge in [-0.25, -0.2) is 9.98 Å². The van der Waals surface area contributed by atoms with E-state index in [1.807, 2.05) is 27.1 Å². The van der Waals surface area contributed by atoms with Gasteiger partial charge in [0.15, 0.2) is 5.84 Å². The Kier molecular flexibility index (Phi) is 9.19. The van der Waals surface area contributed by atoms with Gasteiger partial charge in [-0.1, -0.05) is 6.07 Å². The first-order valence-corrected chi connectivity index (χ1v) is 14.9. The highest BCUT2D eigenvalue weighted by molar-refractivity contribution is 6.10. The van der Waals surface area contributed by atoms with E-state index < -0.39 is 0 Å². The lowest BCUT2D eigenvalue weighted by atomic mass is 9.88. The van der Waals surface area contributed by atoms with Crippen LogP contribution in [0.4, 0.5) is 0 Å². The molecule has 0 spiro atoms. The number of nitrogens with zero attached hydrogens (tertiary/aromatic N) is 4. The van der Waals surface area contributed by atoms with E-state index >= 15 is 0 Å². The Morgan fingerprint density at radius 2 is 1.98 bits per heavy atom. The lowest BCUT2D eigenvalue weighted by molar-refractivity contribution is 0.0206. The summed E-state index contributed by atoms with van der Waals surface area (Å²) in [5, 5.41) is 23.1. The fraction of sp³-hybridized carbons (Fsp3) is 0.548. The summed E-state index contributed by atoms with van der Waals surface area (Å²) in [5.41, 5.74) is 4.61. The summed E-state index contributed by atoms with van der Waals surface area (Å²) in [4.78, 5) is 12.0. The number of ether oxygens (including phenoxy) is 2. The topological polar surface area (TPSA) is 124 Å². The summed E-state index contributed by atoms with van der Waals surface area (Å²) in [6.07, 6.45) is 7.93. The normalized spacial score (nSPS) is 20.8. The number of nitrogens with one attached hydrogen (secondary N) is 4. The van der Waals surface area contributed by atoms with Crippen LogP contribution in [0.15, 0.2) is 35.1 Å². The molecule has 2 saturated heterocycles. The zero-order valence-corrected chi connectivity index (χ0v) is 24.8. The molecule has 5 rings (SSSR count). The Morgan fingerprint density at radius 1 is 1.17 bits per heavy atom.